The Morgan fingerprint density at radius 2 is 1.92 bits per heavy atom. The Kier molecular flexibility index (Phi) is 5.61. The molecule has 1 fully saturated rings. The van der Waals surface area contributed by atoms with Crippen molar-refractivity contribution in [3.63, 3.8) is 0 Å². The molecule has 24 heavy (non-hydrogen) atoms. The molecule has 3 N–H and O–H groups in total. The zero-order valence-corrected chi connectivity index (χ0v) is 14.4. The average Bonchev–Trinajstić information content (AvgIpc) is 2.48. The van der Waals surface area contributed by atoms with Crippen molar-refractivity contribution in [1.29, 1.82) is 0 Å². The predicted molar refractivity (Wildman–Crippen MR) is 91.5 cm³/mol. The van der Waals surface area contributed by atoms with Gasteiger partial charge in [-0.15, -0.1) is 0 Å². The lowest BCUT2D eigenvalue weighted by Crippen LogP contribution is -2.51. The Bertz CT molecular complexity index is 574. The standard InChI is InChI=1S/C16H25N5O3/c1-16(2,3)24-15(23)21-8-6-20(7-9-21)11-14(22)19-13-5-4-12(17)10-18-13/h4-5,10H,6-9,11,17H2,1-3H3,(H,18,19,22). The van der Waals surface area contributed by atoms with Gasteiger partial charge in [-0.25, -0.2) is 9.78 Å². The summed E-state index contributed by atoms with van der Waals surface area (Å²) in [5.74, 6) is 0.333. The van der Waals surface area contributed by atoms with Crippen molar-refractivity contribution in [3.8, 4) is 0 Å². The second-order valence-corrected chi connectivity index (χ2v) is 6.77. The van der Waals surface area contributed by atoms with Crippen LogP contribution < -0.4 is 11.1 Å². The van der Waals surface area contributed by atoms with E-state index < -0.39 is 5.60 Å². The highest BCUT2D eigenvalue weighted by Gasteiger charge is 2.26. The van der Waals surface area contributed by atoms with Crippen molar-refractivity contribution in [2.45, 2.75) is 26.4 Å². The molecule has 1 aliphatic heterocycles. The van der Waals surface area contributed by atoms with Gasteiger partial charge < -0.3 is 20.7 Å². The molecule has 1 saturated heterocycles. The van der Waals surface area contributed by atoms with Crippen LogP contribution in [-0.2, 0) is 9.53 Å². The number of hydrogen-bond donors (Lipinski definition) is 2. The highest BCUT2D eigenvalue weighted by molar-refractivity contribution is 5.91. The Balaban J connectivity index is 1.75. The minimum Gasteiger partial charge on any atom is -0.444 e. The van der Waals surface area contributed by atoms with Gasteiger partial charge in [-0.3, -0.25) is 9.69 Å². The topological polar surface area (TPSA) is 101 Å². The maximum atomic E-state index is 12.0. The van der Waals surface area contributed by atoms with E-state index in [-0.39, 0.29) is 18.5 Å². The fourth-order valence-corrected chi connectivity index (χ4v) is 2.28. The van der Waals surface area contributed by atoms with Gasteiger partial charge in [-0.2, -0.15) is 0 Å². The molecule has 0 spiro atoms. The van der Waals surface area contributed by atoms with Gasteiger partial charge in [0.15, 0.2) is 0 Å². The van der Waals surface area contributed by atoms with Crippen LogP contribution in [-0.4, -0.2) is 65.1 Å². The quantitative estimate of drug-likeness (QED) is 0.859. The number of ether oxygens (including phenoxy) is 1. The van der Waals surface area contributed by atoms with Crippen molar-refractivity contribution in [1.82, 2.24) is 14.8 Å². The van der Waals surface area contributed by atoms with Crippen LogP contribution in [0.4, 0.5) is 16.3 Å². The molecule has 132 valence electrons. The van der Waals surface area contributed by atoms with Crippen LogP contribution in [0.2, 0.25) is 0 Å². The van der Waals surface area contributed by atoms with Gasteiger partial charge in [-0.1, -0.05) is 0 Å². The molecule has 8 nitrogen and oxygen atoms in total. The summed E-state index contributed by atoms with van der Waals surface area (Å²) in [7, 11) is 0. The SMILES string of the molecule is CC(C)(C)OC(=O)N1CCN(CC(=O)Nc2ccc(N)cn2)CC1. The number of nitrogens with one attached hydrogen (secondary N) is 1. The molecule has 0 atom stereocenters. The van der Waals surface area contributed by atoms with Crippen LogP contribution >= 0.6 is 0 Å². The molecule has 0 aromatic carbocycles. The first kappa shape index (κ1) is 18.0. The molecular weight excluding hydrogens is 310 g/mol. The van der Waals surface area contributed by atoms with Gasteiger partial charge in [0.1, 0.15) is 11.4 Å². The summed E-state index contributed by atoms with van der Waals surface area (Å²) in [4.78, 5) is 31.7. The minimum absolute atomic E-state index is 0.141. The number of rotatable bonds is 3. The van der Waals surface area contributed by atoms with E-state index in [0.29, 0.717) is 37.7 Å². The largest absolute Gasteiger partial charge is 0.444 e. The lowest BCUT2D eigenvalue weighted by Gasteiger charge is -2.35. The van der Waals surface area contributed by atoms with Crippen molar-refractivity contribution >= 4 is 23.5 Å². The van der Waals surface area contributed by atoms with E-state index in [1.54, 1.807) is 17.0 Å². The Morgan fingerprint density at radius 3 is 2.46 bits per heavy atom. The van der Waals surface area contributed by atoms with Gasteiger partial charge >= 0.3 is 6.09 Å². The highest BCUT2D eigenvalue weighted by atomic mass is 16.6. The summed E-state index contributed by atoms with van der Waals surface area (Å²) < 4.78 is 5.35. The van der Waals surface area contributed by atoms with Crippen LogP contribution in [0.15, 0.2) is 18.3 Å². The molecule has 1 aromatic heterocycles. The van der Waals surface area contributed by atoms with Gasteiger partial charge in [0.05, 0.1) is 18.4 Å². The van der Waals surface area contributed by atoms with Gasteiger partial charge in [0.25, 0.3) is 0 Å². The van der Waals surface area contributed by atoms with Gasteiger partial charge in [-0.05, 0) is 32.9 Å². The second-order valence-electron chi connectivity index (χ2n) is 6.77. The number of aromatic nitrogens is 1. The van der Waals surface area contributed by atoms with E-state index in [1.165, 1.54) is 6.20 Å². The van der Waals surface area contributed by atoms with E-state index in [2.05, 4.69) is 10.3 Å². The summed E-state index contributed by atoms with van der Waals surface area (Å²) in [5, 5.41) is 2.73. The van der Waals surface area contributed by atoms with E-state index >= 15 is 0 Å². The van der Waals surface area contributed by atoms with Crippen molar-refractivity contribution in [2.75, 3.05) is 43.8 Å². The molecule has 0 bridgehead atoms. The van der Waals surface area contributed by atoms with Crippen LogP contribution in [0.25, 0.3) is 0 Å². The molecule has 0 saturated carbocycles. The molecule has 0 aliphatic carbocycles. The van der Waals surface area contributed by atoms with Crippen LogP contribution in [0.5, 0.6) is 0 Å². The lowest BCUT2D eigenvalue weighted by molar-refractivity contribution is -0.117. The van der Waals surface area contributed by atoms with Crippen molar-refractivity contribution < 1.29 is 14.3 Å². The number of amides is 2. The molecule has 2 heterocycles. The molecule has 1 aliphatic rings. The zero-order chi connectivity index (χ0) is 17.7. The number of carbonyl (C=O) groups is 2. The number of pyridine rings is 1. The third-order valence-electron chi connectivity index (χ3n) is 3.45. The summed E-state index contributed by atoms with van der Waals surface area (Å²) in [6.07, 6.45) is 1.19. The number of hydrogen-bond acceptors (Lipinski definition) is 6. The van der Waals surface area contributed by atoms with Crippen molar-refractivity contribution in [2.24, 2.45) is 0 Å². The molecule has 0 radical (unpaired) electrons. The first-order valence-corrected chi connectivity index (χ1v) is 7.94. The van der Waals surface area contributed by atoms with E-state index in [9.17, 15) is 9.59 Å². The molecular formula is C16H25N5O3. The Hall–Kier alpha value is -2.35. The van der Waals surface area contributed by atoms with Crippen LogP contribution in [0.3, 0.4) is 0 Å². The second kappa shape index (κ2) is 7.48. The molecule has 0 unspecified atom stereocenters. The van der Waals surface area contributed by atoms with Crippen molar-refractivity contribution in [3.05, 3.63) is 18.3 Å². The Labute approximate surface area is 142 Å². The highest BCUT2D eigenvalue weighted by Crippen LogP contribution is 2.12. The first-order chi connectivity index (χ1) is 11.2. The summed E-state index contributed by atoms with van der Waals surface area (Å²) in [5.41, 5.74) is 5.60. The number of piperazine rings is 1. The first-order valence-electron chi connectivity index (χ1n) is 7.94. The fourth-order valence-electron chi connectivity index (χ4n) is 2.28. The lowest BCUT2D eigenvalue weighted by atomic mass is 10.2. The van der Waals surface area contributed by atoms with Gasteiger partial charge in [0.2, 0.25) is 5.91 Å². The molecule has 1 aromatic rings. The summed E-state index contributed by atoms with van der Waals surface area (Å²) >= 11 is 0. The Morgan fingerprint density at radius 1 is 1.25 bits per heavy atom. The van der Waals surface area contributed by atoms with E-state index in [4.69, 9.17) is 10.5 Å². The average molecular weight is 335 g/mol. The third-order valence-corrected chi connectivity index (χ3v) is 3.45. The molecule has 8 heteroatoms. The monoisotopic (exact) mass is 335 g/mol. The zero-order valence-electron chi connectivity index (χ0n) is 14.4. The minimum atomic E-state index is -0.500. The molecule has 2 amide bonds. The summed E-state index contributed by atoms with van der Waals surface area (Å²) in [6, 6.07) is 3.34. The number of nitrogens with zero attached hydrogens (tertiary/aromatic N) is 3. The van der Waals surface area contributed by atoms with Crippen LogP contribution in [0.1, 0.15) is 20.8 Å². The van der Waals surface area contributed by atoms with Crippen LogP contribution in [0, 0.1) is 0 Å². The smallest absolute Gasteiger partial charge is 0.410 e. The number of carbonyl (C=O) groups excluding carboxylic acids is 2. The fraction of sp³-hybridized carbons (Fsp3) is 0.562. The number of nitrogen functional groups attached to an aromatic ring is 1. The predicted octanol–water partition coefficient (Wildman–Crippen LogP) is 1.15. The van der Waals surface area contributed by atoms with E-state index in [0.717, 1.165) is 0 Å². The maximum Gasteiger partial charge on any atom is 0.410 e. The van der Waals surface area contributed by atoms with Gasteiger partial charge in [0, 0.05) is 26.2 Å². The third kappa shape index (κ3) is 5.69. The number of anilines is 2. The number of nitrogens with two attached hydrogens (primary N) is 1. The maximum absolute atomic E-state index is 12.0. The summed E-state index contributed by atoms with van der Waals surface area (Å²) in [6.45, 7) is 8.13. The normalized spacial score (nSPS) is 15.9. The van der Waals surface area contributed by atoms with E-state index in [1.807, 2.05) is 25.7 Å². The molecule has 2 rings (SSSR count).